The topological polar surface area (TPSA) is 156 Å². The lowest BCUT2D eigenvalue weighted by Crippen LogP contribution is -2.17. The van der Waals surface area contributed by atoms with Crippen LogP contribution in [0.1, 0.15) is 21.5 Å². The number of aryl methyl sites for hydroxylation is 1. The largest absolute Gasteiger partial charge is 0.493 e. The number of hydrogen-bond acceptors (Lipinski definition) is 9. The van der Waals surface area contributed by atoms with Crippen LogP contribution in [0.15, 0.2) is 59.9 Å². The third-order valence-corrected chi connectivity index (χ3v) is 6.67. The first-order valence-electron chi connectivity index (χ1n) is 10.9. The number of amides is 1. The van der Waals surface area contributed by atoms with Gasteiger partial charge in [-0.2, -0.15) is 5.26 Å². The molecule has 188 valence electrons. The van der Waals surface area contributed by atoms with Crippen LogP contribution in [0.25, 0.3) is 11.4 Å². The van der Waals surface area contributed by atoms with Gasteiger partial charge in [0.05, 0.1) is 46.7 Å². The average Bonchev–Trinajstić information content (AvgIpc) is 3.29. The summed E-state index contributed by atoms with van der Waals surface area (Å²) >= 11 is 0. The molecule has 0 aliphatic carbocycles. The second-order valence-electron chi connectivity index (χ2n) is 8.15. The molecule has 12 heteroatoms. The van der Waals surface area contributed by atoms with Crippen molar-refractivity contribution in [3.05, 3.63) is 71.7 Å². The van der Waals surface area contributed by atoms with Crippen molar-refractivity contribution in [2.75, 3.05) is 18.7 Å². The summed E-state index contributed by atoms with van der Waals surface area (Å²) in [7, 11) is 0.248. The van der Waals surface area contributed by atoms with Crippen LogP contribution in [0, 0.1) is 23.0 Å². The van der Waals surface area contributed by atoms with E-state index in [-0.39, 0.29) is 27.8 Å². The quantitative estimate of drug-likeness (QED) is 0.370. The van der Waals surface area contributed by atoms with Gasteiger partial charge in [-0.05, 0) is 42.8 Å². The van der Waals surface area contributed by atoms with Crippen LogP contribution >= 0.6 is 0 Å². The predicted octanol–water partition coefficient (Wildman–Crippen LogP) is 4.15. The van der Waals surface area contributed by atoms with E-state index in [0.29, 0.717) is 28.2 Å². The molecule has 2 aromatic carbocycles. The molecule has 11 nitrogen and oxygen atoms in total. The Morgan fingerprint density at radius 3 is 2.62 bits per heavy atom. The Balaban J connectivity index is 1.81. The first kappa shape index (κ1) is 25.3. The lowest BCUT2D eigenvalue weighted by molar-refractivity contribution is 0.102. The molecular weight excluding hydrogens is 494 g/mol. The van der Waals surface area contributed by atoms with Gasteiger partial charge in [0, 0.05) is 30.0 Å². The Bertz CT molecular complexity index is 1660. The Labute approximate surface area is 213 Å². The van der Waals surface area contributed by atoms with Crippen LogP contribution in [0.5, 0.6) is 17.4 Å². The zero-order chi connectivity index (χ0) is 26.7. The molecule has 1 atom stereocenters. The zero-order valence-electron chi connectivity index (χ0n) is 20.5. The van der Waals surface area contributed by atoms with Gasteiger partial charge < -0.3 is 19.4 Å². The normalized spacial score (nSPS) is 12.3. The molecule has 0 spiro atoms. The van der Waals surface area contributed by atoms with Crippen LogP contribution < -0.4 is 14.8 Å². The number of hydrogen-bond donors (Lipinski definition) is 2. The highest BCUT2D eigenvalue weighted by Crippen LogP contribution is 2.35. The molecule has 37 heavy (non-hydrogen) atoms. The Hall–Kier alpha value is -4.76. The van der Waals surface area contributed by atoms with Gasteiger partial charge in [-0.15, -0.1) is 10.2 Å². The predicted molar refractivity (Wildman–Crippen MR) is 136 cm³/mol. The van der Waals surface area contributed by atoms with Crippen LogP contribution in [-0.4, -0.2) is 43.2 Å². The number of nitriles is 1. The van der Waals surface area contributed by atoms with Crippen molar-refractivity contribution in [2.24, 2.45) is 7.05 Å². The van der Waals surface area contributed by atoms with E-state index in [9.17, 15) is 14.3 Å². The van der Waals surface area contributed by atoms with E-state index >= 15 is 0 Å². The Morgan fingerprint density at radius 2 is 1.97 bits per heavy atom. The maximum absolute atomic E-state index is 13.6. The molecule has 0 aliphatic heterocycles. The molecule has 4 rings (SSSR count). The van der Waals surface area contributed by atoms with Crippen molar-refractivity contribution in [2.45, 2.75) is 11.8 Å². The average molecular weight is 518 g/mol. The molecule has 0 aliphatic rings. The van der Waals surface area contributed by atoms with Crippen molar-refractivity contribution >= 4 is 21.3 Å². The van der Waals surface area contributed by atoms with Gasteiger partial charge in [-0.3, -0.25) is 4.79 Å². The van der Waals surface area contributed by atoms with Crippen molar-refractivity contribution in [1.29, 1.82) is 10.0 Å². The van der Waals surface area contributed by atoms with Crippen molar-refractivity contribution in [3.63, 3.8) is 0 Å². The first-order chi connectivity index (χ1) is 17.6. The third-order valence-electron chi connectivity index (χ3n) is 5.51. The smallest absolute Gasteiger partial charge is 0.261 e. The number of nitrogens with one attached hydrogen (secondary N) is 2. The third kappa shape index (κ3) is 5.26. The van der Waals surface area contributed by atoms with Gasteiger partial charge in [0.1, 0.15) is 11.3 Å². The summed E-state index contributed by atoms with van der Waals surface area (Å²) in [6.45, 7) is 1.72. The van der Waals surface area contributed by atoms with E-state index in [2.05, 4.69) is 20.5 Å². The summed E-state index contributed by atoms with van der Waals surface area (Å²) in [6.07, 6.45) is 4.53. The highest BCUT2D eigenvalue weighted by atomic mass is 32.2. The number of ether oxygens (including phenoxy) is 2. The molecule has 0 saturated carbocycles. The maximum atomic E-state index is 13.6. The summed E-state index contributed by atoms with van der Waals surface area (Å²) < 4.78 is 33.1. The highest BCUT2D eigenvalue weighted by Gasteiger charge is 2.25. The second-order valence-corrected chi connectivity index (χ2v) is 10.3. The van der Waals surface area contributed by atoms with Crippen LogP contribution in [0.2, 0.25) is 0 Å². The van der Waals surface area contributed by atoms with Gasteiger partial charge in [0.2, 0.25) is 0 Å². The SMILES string of the molecule is COc1cc(C#N)ccc1Oc1nnc(-c2cncn2C)c(C)c1C(=O)Nc1cccc(S(C)(=N)=O)c1. The van der Waals surface area contributed by atoms with Crippen molar-refractivity contribution in [1.82, 2.24) is 19.7 Å². The fraction of sp³-hybridized carbons (Fsp3) is 0.160. The van der Waals surface area contributed by atoms with Gasteiger partial charge >= 0.3 is 0 Å². The molecule has 0 saturated heterocycles. The summed E-state index contributed by atoms with van der Waals surface area (Å²) in [6, 6.07) is 12.9. The van der Waals surface area contributed by atoms with E-state index in [4.69, 9.17) is 14.3 Å². The molecule has 2 N–H and O–H groups in total. The molecule has 1 unspecified atom stereocenters. The summed E-state index contributed by atoms with van der Waals surface area (Å²) in [4.78, 5) is 18.0. The summed E-state index contributed by atoms with van der Waals surface area (Å²) in [5, 5.41) is 20.5. The van der Waals surface area contributed by atoms with E-state index in [0.717, 1.165) is 0 Å². The fourth-order valence-corrected chi connectivity index (χ4v) is 4.29. The van der Waals surface area contributed by atoms with Crippen LogP contribution in [0.3, 0.4) is 0 Å². The molecular formula is C25H23N7O4S. The van der Waals surface area contributed by atoms with Crippen molar-refractivity contribution in [3.8, 4) is 34.8 Å². The molecule has 2 aromatic heterocycles. The lowest BCUT2D eigenvalue weighted by Gasteiger charge is -2.16. The number of carbonyl (C=O) groups excluding carboxylic acids is 1. The molecule has 0 radical (unpaired) electrons. The van der Waals surface area contributed by atoms with Gasteiger partial charge in [-0.1, -0.05) is 6.07 Å². The van der Waals surface area contributed by atoms with Gasteiger partial charge in [-0.25, -0.2) is 14.0 Å². The highest BCUT2D eigenvalue weighted by molar-refractivity contribution is 7.91. The number of imidazole rings is 1. The lowest BCUT2D eigenvalue weighted by atomic mass is 10.1. The number of methoxy groups -OCH3 is 1. The second kappa shape index (κ2) is 10.1. The molecule has 4 aromatic rings. The maximum Gasteiger partial charge on any atom is 0.261 e. The standard InChI is InChI=1S/C25H23N7O4S/c1-15-22(24(33)29-17-6-5-7-18(11-17)37(4,27)34)25(31-30-23(15)19-13-28-14-32(19)2)36-20-9-8-16(12-26)10-21(20)35-3/h5-11,13-14,27H,1-4H3,(H,29,33). The zero-order valence-corrected chi connectivity index (χ0v) is 21.3. The number of carbonyl (C=O) groups is 1. The van der Waals surface area contributed by atoms with Crippen LogP contribution in [0.4, 0.5) is 5.69 Å². The van der Waals surface area contributed by atoms with Gasteiger partial charge in [0.15, 0.2) is 11.5 Å². The Kier molecular flexibility index (Phi) is 6.90. The number of nitrogens with zero attached hydrogens (tertiary/aromatic N) is 5. The number of benzene rings is 2. The molecule has 1 amide bonds. The van der Waals surface area contributed by atoms with Crippen molar-refractivity contribution < 1.29 is 18.5 Å². The van der Waals surface area contributed by atoms with E-state index in [1.54, 1.807) is 61.4 Å². The number of anilines is 1. The molecule has 0 fully saturated rings. The number of rotatable bonds is 7. The minimum atomic E-state index is -2.98. The number of aromatic nitrogens is 4. The van der Waals surface area contributed by atoms with Gasteiger partial charge in [0.25, 0.3) is 11.8 Å². The molecule has 2 heterocycles. The minimum Gasteiger partial charge on any atom is -0.493 e. The molecule has 0 bridgehead atoms. The van der Waals surface area contributed by atoms with E-state index in [1.807, 2.05) is 6.07 Å². The minimum absolute atomic E-state index is 0.0835. The summed E-state index contributed by atoms with van der Waals surface area (Å²) in [5.41, 5.74) is 2.38. The van der Waals surface area contributed by atoms with Crippen LogP contribution in [-0.2, 0) is 16.8 Å². The summed E-state index contributed by atoms with van der Waals surface area (Å²) in [5.74, 6) is -0.121. The monoisotopic (exact) mass is 517 g/mol. The first-order valence-corrected chi connectivity index (χ1v) is 12.8. The van der Waals surface area contributed by atoms with E-state index in [1.165, 1.54) is 25.5 Å². The fourth-order valence-electron chi connectivity index (χ4n) is 3.60. The Morgan fingerprint density at radius 1 is 1.19 bits per heavy atom. The van der Waals surface area contributed by atoms with E-state index < -0.39 is 15.6 Å².